The van der Waals surface area contributed by atoms with E-state index < -0.39 is 0 Å². The summed E-state index contributed by atoms with van der Waals surface area (Å²) in [5.74, 6) is 0.670. The van der Waals surface area contributed by atoms with E-state index in [0.717, 1.165) is 55.8 Å². The number of amides is 1. The van der Waals surface area contributed by atoms with Crippen LogP contribution in [0.2, 0.25) is 0 Å². The Morgan fingerprint density at radius 2 is 2.04 bits per heavy atom. The van der Waals surface area contributed by atoms with Crippen LogP contribution in [0.5, 0.6) is 5.75 Å². The van der Waals surface area contributed by atoms with Gasteiger partial charge in [-0.15, -0.1) is 5.10 Å². The first-order chi connectivity index (χ1) is 13.2. The number of nitrogens with one attached hydrogen (secondary N) is 2. The number of nitrogens with zero attached hydrogens (tertiary/aromatic N) is 3. The fourth-order valence-corrected chi connectivity index (χ4v) is 3.64. The first-order valence-corrected chi connectivity index (χ1v) is 9.87. The van der Waals surface area contributed by atoms with Crippen molar-refractivity contribution in [3.05, 3.63) is 41.2 Å². The number of aromatic nitrogens is 3. The van der Waals surface area contributed by atoms with Crippen LogP contribution in [0.1, 0.15) is 59.9 Å². The van der Waals surface area contributed by atoms with Gasteiger partial charge in [0, 0.05) is 12.1 Å². The van der Waals surface area contributed by atoms with Crippen molar-refractivity contribution in [2.75, 3.05) is 13.1 Å². The van der Waals surface area contributed by atoms with E-state index in [1.54, 1.807) is 0 Å². The number of ether oxygens (including phenoxy) is 1. The van der Waals surface area contributed by atoms with Gasteiger partial charge in [0.2, 0.25) is 0 Å². The third-order valence-corrected chi connectivity index (χ3v) is 5.55. The number of piperidine rings is 1. The highest BCUT2D eigenvalue weighted by atomic mass is 16.5. The van der Waals surface area contributed by atoms with Gasteiger partial charge in [-0.25, -0.2) is 4.68 Å². The zero-order chi connectivity index (χ0) is 18.6. The summed E-state index contributed by atoms with van der Waals surface area (Å²) in [4.78, 5) is 12.7. The minimum atomic E-state index is -0.189. The number of carbonyl (C=O) groups is 1. The van der Waals surface area contributed by atoms with Crippen molar-refractivity contribution in [3.8, 4) is 5.75 Å². The standard InChI is InChI=1S/C20H27N5O2/c1-14-19(23-24-25(14)16-9-11-21-12-10-16)20(26)22-13-15-5-2-3-8-18(15)27-17-6-4-7-17/h2-3,5,8,16-17,21H,4,6-7,9-13H2,1H3,(H,22,26). The lowest BCUT2D eigenvalue weighted by Crippen LogP contribution is -2.30. The fraction of sp³-hybridized carbons (Fsp3) is 0.550. The van der Waals surface area contributed by atoms with E-state index in [-0.39, 0.29) is 5.91 Å². The smallest absolute Gasteiger partial charge is 0.274 e. The van der Waals surface area contributed by atoms with Crippen LogP contribution >= 0.6 is 0 Å². The molecule has 1 aliphatic heterocycles. The first kappa shape index (κ1) is 18.0. The Balaban J connectivity index is 1.40. The molecule has 1 aromatic heterocycles. The summed E-state index contributed by atoms with van der Waals surface area (Å²) in [7, 11) is 0. The van der Waals surface area contributed by atoms with Gasteiger partial charge < -0.3 is 15.4 Å². The first-order valence-electron chi connectivity index (χ1n) is 9.87. The number of para-hydroxylation sites is 1. The quantitative estimate of drug-likeness (QED) is 0.817. The van der Waals surface area contributed by atoms with Crippen molar-refractivity contribution in [2.24, 2.45) is 0 Å². The summed E-state index contributed by atoms with van der Waals surface area (Å²) < 4.78 is 7.94. The summed E-state index contributed by atoms with van der Waals surface area (Å²) in [6.45, 7) is 4.29. The normalized spacial score (nSPS) is 18.1. The van der Waals surface area contributed by atoms with Crippen molar-refractivity contribution in [3.63, 3.8) is 0 Å². The Labute approximate surface area is 159 Å². The average molecular weight is 369 g/mol. The van der Waals surface area contributed by atoms with Gasteiger partial charge in [0.15, 0.2) is 5.69 Å². The lowest BCUT2D eigenvalue weighted by molar-refractivity contribution is 0.0943. The highest BCUT2D eigenvalue weighted by molar-refractivity contribution is 5.93. The molecule has 2 aliphatic rings. The topological polar surface area (TPSA) is 81.1 Å². The number of hydrogen-bond acceptors (Lipinski definition) is 5. The SMILES string of the molecule is Cc1c(C(=O)NCc2ccccc2OC2CCC2)nnn1C1CCNCC1. The van der Waals surface area contributed by atoms with Crippen LogP contribution in [0.15, 0.2) is 24.3 Å². The molecule has 0 radical (unpaired) electrons. The van der Waals surface area contributed by atoms with Gasteiger partial charge in [-0.1, -0.05) is 23.4 Å². The summed E-state index contributed by atoms with van der Waals surface area (Å²) in [6.07, 6.45) is 5.79. The Hall–Kier alpha value is -2.41. The molecule has 1 amide bonds. The molecule has 144 valence electrons. The van der Waals surface area contributed by atoms with Crippen LogP contribution in [0, 0.1) is 6.92 Å². The summed E-state index contributed by atoms with van der Waals surface area (Å²) >= 11 is 0. The number of carbonyl (C=O) groups excluding carboxylic acids is 1. The van der Waals surface area contributed by atoms with Crippen LogP contribution in [0.4, 0.5) is 0 Å². The Bertz CT molecular complexity index is 793. The summed E-state index contributed by atoms with van der Waals surface area (Å²) in [5, 5.41) is 14.7. The minimum absolute atomic E-state index is 0.189. The van der Waals surface area contributed by atoms with E-state index in [2.05, 4.69) is 20.9 Å². The molecule has 7 nitrogen and oxygen atoms in total. The van der Waals surface area contributed by atoms with E-state index in [9.17, 15) is 4.79 Å². The summed E-state index contributed by atoms with van der Waals surface area (Å²) in [6, 6.07) is 8.21. The van der Waals surface area contributed by atoms with Crippen LogP contribution in [0.25, 0.3) is 0 Å². The Morgan fingerprint density at radius 1 is 1.26 bits per heavy atom. The lowest BCUT2D eigenvalue weighted by Gasteiger charge is -2.27. The van der Waals surface area contributed by atoms with E-state index in [1.807, 2.05) is 35.9 Å². The monoisotopic (exact) mass is 369 g/mol. The van der Waals surface area contributed by atoms with E-state index in [4.69, 9.17) is 4.74 Å². The number of benzene rings is 1. The fourth-order valence-electron chi connectivity index (χ4n) is 3.64. The largest absolute Gasteiger partial charge is 0.490 e. The molecule has 0 bridgehead atoms. The van der Waals surface area contributed by atoms with Crippen LogP contribution in [-0.2, 0) is 6.54 Å². The maximum atomic E-state index is 12.7. The Kier molecular flexibility index (Phi) is 5.38. The number of rotatable bonds is 6. The van der Waals surface area contributed by atoms with Gasteiger partial charge in [-0.2, -0.15) is 0 Å². The zero-order valence-electron chi connectivity index (χ0n) is 15.8. The second kappa shape index (κ2) is 8.08. The maximum Gasteiger partial charge on any atom is 0.274 e. The van der Waals surface area contributed by atoms with E-state index in [0.29, 0.717) is 24.4 Å². The van der Waals surface area contributed by atoms with Gasteiger partial charge in [-0.3, -0.25) is 4.79 Å². The average Bonchev–Trinajstić information content (AvgIpc) is 3.05. The van der Waals surface area contributed by atoms with Gasteiger partial charge in [0.05, 0.1) is 17.8 Å². The molecule has 1 aliphatic carbocycles. The molecular weight excluding hydrogens is 342 g/mol. The second-order valence-electron chi connectivity index (χ2n) is 7.41. The molecule has 2 heterocycles. The van der Waals surface area contributed by atoms with Crippen molar-refractivity contribution in [1.82, 2.24) is 25.6 Å². The maximum absolute atomic E-state index is 12.7. The van der Waals surface area contributed by atoms with Crippen molar-refractivity contribution in [2.45, 2.75) is 57.7 Å². The van der Waals surface area contributed by atoms with E-state index in [1.165, 1.54) is 6.42 Å². The van der Waals surface area contributed by atoms with Gasteiger partial charge in [0.25, 0.3) is 5.91 Å². The van der Waals surface area contributed by atoms with Crippen LogP contribution in [-0.4, -0.2) is 40.1 Å². The molecule has 1 saturated heterocycles. The molecule has 1 saturated carbocycles. The van der Waals surface area contributed by atoms with Crippen LogP contribution < -0.4 is 15.4 Å². The highest BCUT2D eigenvalue weighted by Crippen LogP contribution is 2.27. The predicted octanol–water partition coefficient (Wildman–Crippen LogP) is 2.37. The number of hydrogen-bond donors (Lipinski definition) is 2. The highest BCUT2D eigenvalue weighted by Gasteiger charge is 2.23. The van der Waals surface area contributed by atoms with E-state index >= 15 is 0 Å². The minimum Gasteiger partial charge on any atom is -0.490 e. The summed E-state index contributed by atoms with van der Waals surface area (Å²) in [5.41, 5.74) is 2.23. The molecule has 2 aromatic rings. The zero-order valence-corrected chi connectivity index (χ0v) is 15.8. The molecule has 7 heteroatoms. The molecule has 0 spiro atoms. The van der Waals surface area contributed by atoms with Crippen molar-refractivity contribution in [1.29, 1.82) is 0 Å². The van der Waals surface area contributed by atoms with Gasteiger partial charge in [-0.05, 0) is 58.2 Å². The van der Waals surface area contributed by atoms with Crippen LogP contribution in [0.3, 0.4) is 0 Å². The molecular formula is C20H27N5O2. The molecule has 0 atom stereocenters. The predicted molar refractivity (Wildman–Crippen MR) is 102 cm³/mol. The van der Waals surface area contributed by atoms with Gasteiger partial charge in [0.1, 0.15) is 5.75 Å². The molecule has 27 heavy (non-hydrogen) atoms. The van der Waals surface area contributed by atoms with Gasteiger partial charge >= 0.3 is 0 Å². The third kappa shape index (κ3) is 3.98. The molecule has 2 N–H and O–H groups in total. The second-order valence-corrected chi connectivity index (χ2v) is 7.41. The molecule has 2 fully saturated rings. The molecule has 0 unspecified atom stereocenters. The van der Waals surface area contributed by atoms with Crippen molar-refractivity contribution < 1.29 is 9.53 Å². The Morgan fingerprint density at radius 3 is 2.78 bits per heavy atom. The van der Waals surface area contributed by atoms with Crippen molar-refractivity contribution >= 4 is 5.91 Å². The lowest BCUT2D eigenvalue weighted by atomic mass is 9.96. The molecule has 1 aromatic carbocycles. The third-order valence-electron chi connectivity index (χ3n) is 5.55. The molecule has 4 rings (SSSR count).